The van der Waals surface area contributed by atoms with Crippen LogP contribution in [-0.2, 0) is 0 Å². The van der Waals surface area contributed by atoms with E-state index in [1.165, 1.54) is 9.31 Å². The van der Waals surface area contributed by atoms with Crippen LogP contribution in [0.2, 0.25) is 0 Å². The number of hydrogen-bond acceptors (Lipinski definition) is 3. The monoisotopic (exact) mass is 357 g/mol. The van der Waals surface area contributed by atoms with E-state index >= 15 is 0 Å². The molecule has 6 heteroatoms. The van der Waals surface area contributed by atoms with Crippen LogP contribution in [0, 0.1) is 5.21 Å². The van der Waals surface area contributed by atoms with Gasteiger partial charge in [0.25, 0.3) is 0 Å². The summed E-state index contributed by atoms with van der Waals surface area (Å²) in [5, 5.41) is 14.9. The summed E-state index contributed by atoms with van der Waals surface area (Å²) in [6.07, 6.45) is 4.01. The Morgan fingerprint density at radius 3 is 2.12 bits per heavy atom. The van der Waals surface area contributed by atoms with Gasteiger partial charge < -0.3 is 5.21 Å². The number of quaternary nitrogens is 1. The van der Waals surface area contributed by atoms with Crippen LogP contribution in [0.15, 0.2) is 60.7 Å². The third-order valence-electron chi connectivity index (χ3n) is 4.15. The van der Waals surface area contributed by atoms with Crippen LogP contribution in [0.3, 0.4) is 0 Å². The Kier molecular flexibility index (Phi) is 5.63. The minimum atomic E-state index is -0.735. The van der Waals surface area contributed by atoms with Crippen LogP contribution in [0.1, 0.15) is 32.6 Å². The topological polar surface area (TPSA) is 46.6 Å². The summed E-state index contributed by atoms with van der Waals surface area (Å²) in [5.41, 5.74) is 1.35. The number of nitrogens with zero attached hydrogens (tertiary/aromatic N) is 3. The van der Waals surface area contributed by atoms with Crippen molar-refractivity contribution in [1.82, 2.24) is 0 Å². The van der Waals surface area contributed by atoms with Gasteiger partial charge in [0.2, 0.25) is 12.1 Å². The molecule has 0 aliphatic carbocycles. The largest absolute Gasteiger partial charge is 0.592 e. The highest BCUT2D eigenvalue weighted by atomic mass is 32.2. The molecule has 25 heavy (non-hydrogen) atoms. The number of rotatable bonds is 7. The number of unbranched alkanes of at least 4 members (excludes halogenated alkanes) is 3. The zero-order valence-electron chi connectivity index (χ0n) is 14.4. The molecule has 0 radical (unpaired) electrons. The van der Waals surface area contributed by atoms with E-state index in [1.54, 1.807) is 0 Å². The van der Waals surface area contributed by atoms with Crippen LogP contribution < -0.4 is 9.31 Å². The highest BCUT2D eigenvalue weighted by molar-refractivity contribution is 7.96. The second kappa shape index (κ2) is 7.91. The molecule has 132 valence electrons. The Morgan fingerprint density at radius 1 is 0.920 bits per heavy atom. The highest BCUT2D eigenvalue weighted by Crippen LogP contribution is 2.43. The Balaban J connectivity index is 1.89. The maximum atomic E-state index is 13.6. The number of hydroxylamine groups is 1. The molecule has 2 aromatic rings. The Labute approximate surface area is 153 Å². The van der Waals surface area contributed by atoms with Gasteiger partial charge >= 0.3 is 6.03 Å². The molecule has 0 spiro atoms. The van der Waals surface area contributed by atoms with Crippen molar-refractivity contribution in [3.05, 3.63) is 65.9 Å². The van der Waals surface area contributed by atoms with E-state index in [4.69, 9.17) is 0 Å². The number of urea groups is 1. The molecule has 0 N–H and O–H groups in total. The molecule has 0 saturated carbocycles. The van der Waals surface area contributed by atoms with E-state index in [2.05, 4.69) is 6.92 Å². The lowest BCUT2D eigenvalue weighted by atomic mass is 10.2. The van der Waals surface area contributed by atoms with Crippen molar-refractivity contribution in [2.24, 2.45) is 0 Å². The van der Waals surface area contributed by atoms with Crippen LogP contribution >= 0.6 is 12.1 Å². The van der Waals surface area contributed by atoms with Gasteiger partial charge in [-0.15, -0.1) is 5.01 Å². The number of carbonyl (C=O) groups excluding carboxylic acids is 1. The van der Waals surface area contributed by atoms with Crippen molar-refractivity contribution in [2.45, 2.75) is 32.6 Å². The zero-order chi connectivity index (χ0) is 17.7. The molecule has 0 bridgehead atoms. The van der Waals surface area contributed by atoms with E-state index in [9.17, 15) is 10.0 Å². The standard InChI is InChI=1S/C19H23N3O2S/c1-2-3-4-11-16-22(24)20(17-12-7-5-8-13-17)19(23)21(25-22)18-14-9-6-10-15-18/h5-10,12-15H,2-4,11,16H2,1H3. The van der Waals surface area contributed by atoms with E-state index in [0.29, 0.717) is 12.2 Å². The lowest BCUT2D eigenvalue weighted by molar-refractivity contribution is -0.739. The fourth-order valence-corrected chi connectivity index (χ4v) is 3.94. The van der Waals surface area contributed by atoms with Gasteiger partial charge in [-0.3, -0.25) is 0 Å². The van der Waals surface area contributed by atoms with Crippen LogP contribution in [0.25, 0.3) is 0 Å². The van der Waals surface area contributed by atoms with Gasteiger partial charge in [0, 0.05) is 6.42 Å². The molecule has 1 heterocycles. The number of amides is 2. The normalized spacial score (nSPS) is 20.3. The molecule has 2 amide bonds. The SMILES string of the molecule is CCCCCC[N+]1([O-])SN(c2ccccc2)C(=O)N1c1ccccc1. The first kappa shape index (κ1) is 17.8. The van der Waals surface area contributed by atoms with Crippen LogP contribution in [-0.4, -0.2) is 16.7 Å². The first-order valence-electron chi connectivity index (χ1n) is 8.69. The van der Waals surface area contributed by atoms with Gasteiger partial charge in [-0.1, -0.05) is 56.2 Å². The van der Waals surface area contributed by atoms with Crippen molar-refractivity contribution in [1.29, 1.82) is 0 Å². The molecule has 2 aromatic carbocycles. The first-order valence-corrected chi connectivity index (χ1v) is 9.42. The van der Waals surface area contributed by atoms with Gasteiger partial charge in [0.1, 0.15) is 12.2 Å². The lowest BCUT2D eigenvalue weighted by Gasteiger charge is -2.38. The third-order valence-corrected chi connectivity index (χ3v) is 5.29. The number of carbonyl (C=O) groups is 1. The number of benzene rings is 2. The second-order valence-electron chi connectivity index (χ2n) is 6.06. The molecular formula is C19H23N3O2S. The Bertz CT molecular complexity index is 698. The summed E-state index contributed by atoms with van der Waals surface area (Å²) < 4.78 is 0.765. The molecule has 1 aliphatic rings. The molecule has 1 unspecified atom stereocenters. The smallest absolute Gasteiger partial charge is 0.389 e. The van der Waals surface area contributed by atoms with Crippen molar-refractivity contribution >= 4 is 29.5 Å². The molecule has 0 aromatic heterocycles. The second-order valence-corrected chi connectivity index (χ2v) is 7.16. The fraction of sp³-hybridized carbons (Fsp3) is 0.316. The summed E-state index contributed by atoms with van der Waals surface area (Å²) in [6, 6.07) is 18.2. The predicted octanol–water partition coefficient (Wildman–Crippen LogP) is 5.51. The quantitative estimate of drug-likeness (QED) is 0.284. The van der Waals surface area contributed by atoms with Crippen molar-refractivity contribution in [3.8, 4) is 0 Å². The van der Waals surface area contributed by atoms with Crippen LogP contribution in [0.4, 0.5) is 16.2 Å². The summed E-state index contributed by atoms with van der Waals surface area (Å²) in [5.74, 6) is 0. The van der Waals surface area contributed by atoms with Crippen molar-refractivity contribution in [2.75, 3.05) is 15.9 Å². The van der Waals surface area contributed by atoms with Gasteiger partial charge in [0.15, 0.2) is 0 Å². The first-order chi connectivity index (χ1) is 12.2. The van der Waals surface area contributed by atoms with Gasteiger partial charge in [-0.2, -0.15) is 8.47 Å². The molecule has 1 fully saturated rings. The summed E-state index contributed by atoms with van der Waals surface area (Å²) >= 11 is 1.03. The Hall–Kier alpha value is -2.02. The average Bonchev–Trinajstić information content (AvgIpc) is 2.91. The molecule has 5 nitrogen and oxygen atoms in total. The van der Waals surface area contributed by atoms with E-state index in [1.807, 2.05) is 60.7 Å². The Morgan fingerprint density at radius 2 is 1.52 bits per heavy atom. The van der Waals surface area contributed by atoms with Gasteiger partial charge in [0.05, 0.1) is 5.69 Å². The van der Waals surface area contributed by atoms with E-state index < -0.39 is 4.16 Å². The summed E-state index contributed by atoms with van der Waals surface area (Å²) in [7, 11) is 0. The highest BCUT2D eigenvalue weighted by Gasteiger charge is 2.49. The fourth-order valence-electron chi connectivity index (χ4n) is 2.87. The third kappa shape index (κ3) is 3.81. The van der Waals surface area contributed by atoms with Crippen molar-refractivity contribution in [3.63, 3.8) is 0 Å². The molecular weight excluding hydrogens is 334 g/mol. The van der Waals surface area contributed by atoms with Gasteiger partial charge in [-0.25, -0.2) is 4.79 Å². The predicted molar refractivity (Wildman–Crippen MR) is 103 cm³/mol. The molecule has 1 aliphatic heterocycles. The van der Waals surface area contributed by atoms with E-state index in [-0.39, 0.29) is 6.03 Å². The lowest BCUT2D eigenvalue weighted by Crippen LogP contribution is -2.49. The molecule has 3 rings (SSSR count). The minimum absolute atomic E-state index is 0.298. The summed E-state index contributed by atoms with van der Waals surface area (Å²) in [6.45, 7) is 2.51. The van der Waals surface area contributed by atoms with E-state index in [0.717, 1.165) is 43.5 Å². The zero-order valence-corrected chi connectivity index (χ0v) is 15.2. The van der Waals surface area contributed by atoms with Crippen molar-refractivity contribution < 1.29 is 8.96 Å². The number of anilines is 2. The average molecular weight is 357 g/mol. The molecule has 1 atom stereocenters. The number of hydrogen-bond donors (Lipinski definition) is 0. The summed E-state index contributed by atoms with van der Waals surface area (Å²) in [4.78, 5) is 13.0. The minimum Gasteiger partial charge on any atom is -0.592 e. The van der Waals surface area contributed by atoms with Gasteiger partial charge in [-0.05, 0) is 30.7 Å². The number of para-hydroxylation sites is 2. The maximum Gasteiger partial charge on any atom is 0.389 e. The maximum absolute atomic E-state index is 13.6. The van der Waals surface area contributed by atoms with Crippen LogP contribution in [0.5, 0.6) is 0 Å². The molecule has 1 saturated heterocycles.